The Hall–Kier alpha value is -2.77. The number of likely N-dealkylation sites (tertiary alicyclic amines) is 1. The van der Waals surface area contributed by atoms with Gasteiger partial charge in [-0.15, -0.1) is 0 Å². The van der Waals surface area contributed by atoms with E-state index in [0.717, 1.165) is 31.7 Å². The SMILES string of the molecule is CC(=O)Nc1cc(NC(=O)CCN2C(=O)C3CCCCC3C2=O)ccc1F. The number of nitrogens with one attached hydrogen (secondary N) is 2. The van der Waals surface area contributed by atoms with Gasteiger partial charge in [-0.2, -0.15) is 0 Å². The lowest BCUT2D eigenvalue weighted by atomic mass is 9.81. The predicted molar refractivity (Wildman–Crippen MR) is 96.1 cm³/mol. The van der Waals surface area contributed by atoms with E-state index < -0.39 is 17.6 Å². The second-order valence-electron chi connectivity index (χ2n) is 7.00. The molecule has 1 aliphatic heterocycles. The maximum Gasteiger partial charge on any atom is 0.233 e. The average molecular weight is 375 g/mol. The molecule has 1 saturated heterocycles. The summed E-state index contributed by atoms with van der Waals surface area (Å²) in [5.41, 5.74) is 0.284. The maximum absolute atomic E-state index is 13.6. The molecule has 0 spiro atoms. The molecule has 8 heteroatoms. The zero-order valence-electron chi connectivity index (χ0n) is 15.1. The summed E-state index contributed by atoms with van der Waals surface area (Å²) in [5.74, 6) is -2.24. The zero-order valence-corrected chi connectivity index (χ0v) is 15.1. The molecule has 144 valence electrons. The van der Waals surface area contributed by atoms with Crippen molar-refractivity contribution in [1.29, 1.82) is 0 Å². The first-order valence-electron chi connectivity index (χ1n) is 9.09. The number of imide groups is 1. The number of amides is 4. The quantitative estimate of drug-likeness (QED) is 0.772. The summed E-state index contributed by atoms with van der Waals surface area (Å²) in [6.45, 7) is 1.29. The lowest BCUT2D eigenvalue weighted by molar-refractivity contribution is -0.140. The Balaban J connectivity index is 1.58. The van der Waals surface area contributed by atoms with Crippen LogP contribution in [0, 0.1) is 17.7 Å². The summed E-state index contributed by atoms with van der Waals surface area (Å²) in [6, 6.07) is 3.83. The van der Waals surface area contributed by atoms with E-state index in [4.69, 9.17) is 0 Å². The van der Waals surface area contributed by atoms with Crippen LogP contribution in [0.4, 0.5) is 15.8 Å². The second-order valence-corrected chi connectivity index (χ2v) is 7.00. The van der Waals surface area contributed by atoms with Crippen LogP contribution in [0.1, 0.15) is 39.0 Å². The van der Waals surface area contributed by atoms with Gasteiger partial charge in [-0.3, -0.25) is 24.1 Å². The minimum absolute atomic E-state index is 0.0331. The number of rotatable bonds is 5. The number of benzene rings is 1. The molecule has 1 aromatic rings. The first-order chi connectivity index (χ1) is 12.9. The number of hydrogen-bond acceptors (Lipinski definition) is 4. The van der Waals surface area contributed by atoms with Crippen molar-refractivity contribution < 1.29 is 23.6 Å². The molecule has 4 amide bonds. The van der Waals surface area contributed by atoms with E-state index in [1.54, 1.807) is 0 Å². The van der Waals surface area contributed by atoms with Gasteiger partial charge in [-0.1, -0.05) is 12.8 Å². The molecule has 1 heterocycles. The monoisotopic (exact) mass is 375 g/mol. The van der Waals surface area contributed by atoms with Crippen LogP contribution in [0.15, 0.2) is 18.2 Å². The van der Waals surface area contributed by atoms with Gasteiger partial charge in [0.05, 0.1) is 17.5 Å². The Morgan fingerprint density at radius 3 is 2.33 bits per heavy atom. The highest BCUT2D eigenvalue weighted by atomic mass is 19.1. The molecule has 2 aliphatic rings. The maximum atomic E-state index is 13.6. The van der Waals surface area contributed by atoms with Gasteiger partial charge >= 0.3 is 0 Å². The summed E-state index contributed by atoms with van der Waals surface area (Å²) < 4.78 is 13.6. The van der Waals surface area contributed by atoms with Crippen LogP contribution in [-0.4, -0.2) is 35.1 Å². The van der Waals surface area contributed by atoms with Crippen LogP contribution in [0.2, 0.25) is 0 Å². The molecule has 2 N–H and O–H groups in total. The van der Waals surface area contributed by atoms with E-state index in [2.05, 4.69) is 10.6 Å². The molecular formula is C19H22FN3O4. The van der Waals surface area contributed by atoms with Crippen LogP contribution in [0.5, 0.6) is 0 Å². The highest BCUT2D eigenvalue weighted by Crippen LogP contribution is 2.38. The number of carbonyl (C=O) groups excluding carboxylic acids is 4. The van der Waals surface area contributed by atoms with Crippen molar-refractivity contribution in [2.24, 2.45) is 11.8 Å². The van der Waals surface area contributed by atoms with Crippen molar-refractivity contribution in [3.05, 3.63) is 24.0 Å². The smallest absolute Gasteiger partial charge is 0.233 e. The number of anilines is 2. The molecule has 1 saturated carbocycles. The van der Waals surface area contributed by atoms with Gasteiger partial charge in [0.2, 0.25) is 23.6 Å². The number of fused-ring (bicyclic) bond motifs is 1. The van der Waals surface area contributed by atoms with Crippen molar-refractivity contribution >= 4 is 35.0 Å². The lowest BCUT2D eigenvalue weighted by Gasteiger charge is -2.19. The van der Waals surface area contributed by atoms with E-state index in [1.807, 2.05) is 0 Å². The standard InChI is InChI=1S/C19H22FN3O4/c1-11(24)21-16-10-12(6-7-15(16)20)22-17(25)8-9-23-18(26)13-4-2-3-5-14(13)19(23)27/h6-7,10,13-14H,2-5,8-9H2,1H3,(H,21,24)(H,22,25). The number of nitrogens with zero attached hydrogens (tertiary/aromatic N) is 1. The minimum Gasteiger partial charge on any atom is -0.326 e. The van der Waals surface area contributed by atoms with Crippen LogP contribution >= 0.6 is 0 Å². The largest absolute Gasteiger partial charge is 0.326 e. The molecule has 2 unspecified atom stereocenters. The molecule has 0 aromatic heterocycles. The summed E-state index contributed by atoms with van der Waals surface area (Å²) in [5, 5.41) is 4.93. The fraction of sp³-hybridized carbons (Fsp3) is 0.474. The van der Waals surface area contributed by atoms with Crippen LogP contribution in [-0.2, 0) is 19.2 Å². The van der Waals surface area contributed by atoms with Crippen molar-refractivity contribution in [2.75, 3.05) is 17.2 Å². The minimum atomic E-state index is -0.612. The van der Waals surface area contributed by atoms with Crippen molar-refractivity contribution in [1.82, 2.24) is 4.90 Å². The molecule has 0 radical (unpaired) electrons. The number of carbonyl (C=O) groups is 4. The third kappa shape index (κ3) is 4.15. The van der Waals surface area contributed by atoms with Crippen molar-refractivity contribution in [2.45, 2.75) is 39.0 Å². The van der Waals surface area contributed by atoms with Gasteiger partial charge < -0.3 is 10.6 Å². The highest BCUT2D eigenvalue weighted by Gasteiger charge is 2.47. The third-order valence-corrected chi connectivity index (χ3v) is 5.06. The Morgan fingerprint density at radius 2 is 1.74 bits per heavy atom. The average Bonchev–Trinajstić information content (AvgIpc) is 2.87. The second kappa shape index (κ2) is 7.85. The van der Waals surface area contributed by atoms with E-state index >= 15 is 0 Å². The molecular weight excluding hydrogens is 353 g/mol. The predicted octanol–water partition coefficient (Wildman–Crippen LogP) is 2.29. The molecule has 0 bridgehead atoms. The van der Waals surface area contributed by atoms with Crippen LogP contribution in [0.3, 0.4) is 0 Å². The Morgan fingerprint density at radius 1 is 1.11 bits per heavy atom. The van der Waals surface area contributed by atoms with Gasteiger partial charge in [-0.05, 0) is 31.0 Å². The van der Waals surface area contributed by atoms with E-state index in [9.17, 15) is 23.6 Å². The molecule has 1 aromatic carbocycles. The summed E-state index contributed by atoms with van der Waals surface area (Å²) in [4.78, 5) is 49.3. The van der Waals surface area contributed by atoms with Crippen LogP contribution < -0.4 is 10.6 Å². The fourth-order valence-electron chi connectivity index (χ4n) is 3.78. The molecule has 7 nitrogen and oxygen atoms in total. The van der Waals surface area contributed by atoms with E-state index in [1.165, 1.54) is 24.0 Å². The Kier molecular flexibility index (Phi) is 5.53. The highest BCUT2D eigenvalue weighted by molar-refractivity contribution is 6.05. The molecule has 27 heavy (non-hydrogen) atoms. The summed E-state index contributed by atoms with van der Waals surface area (Å²) in [7, 11) is 0. The Bertz CT molecular complexity index is 771. The first kappa shape index (κ1) is 19.0. The van der Waals surface area contributed by atoms with Crippen molar-refractivity contribution in [3.8, 4) is 0 Å². The van der Waals surface area contributed by atoms with Gasteiger partial charge in [-0.25, -0.2) is 4.39 Å². The summed E-state index contributed by atoms with van der Waals surface area (Å²) >= 11 is 0. The topological polar surface area (TPSA) is 95.6 Å². The Labute approximate surface area is 156 Å². The number of halogens is 1. The van der Waals surface area contributed by atoms with Gasteiger partial charge in [0.15, 0.2) is 0 Å². The van der Waals surface area contributed by atoms with Gasteiger partial charge in [0.25, 0.3) is 0 Å². The molecule has 2 atom stereocenters. The third-order valence-electron chi connectivity index (χ3n) is 5.06. The van der Waals surface area contributed by atoms with Crippen LogP contribution in [0.25, 0.3) is 0 Å². The normalized spacial score (nSPS) is 21.8. The van der Waals surface area contributed by atoms with E-state index in [0.29, 0.717) is 5.69 Å². The van der Waals surface area contributed by atoms with Gasteiger partial charge in [0.1, 0.15) is 5.82 Å². The lowest BCUT2D eigenvalue weighted by Crippen LogP contribution is -2.34. The van der Waals surface area contributed by atoms with Crippen molar-refractivity contribution in [3.63, 3.8) is 0 Å². The molecule has 1 aliphatic carbocycles. The van der Waals surface area contributed by atoms with E-state index in [-0.39, 0.29) is 42.3 Å². The fourth-order valence-corrected chi connectivity index (χ4v) is 3.78. The molecule has 2 fully saturated rings. The first-order valence-corrected chi connectivity index (χ1v) is 9.09. The van der Waals surface area contributed by atoms with Gasteiger partial charge in [0, 0.05) is 25.6 Å². The molecule has 3 rings (SSSR count). The number of hydrogen-bond donors (Lipinski definition) is 2. The summed E-state index contributed by atoms with van der Waals surface area (Å²) in [6.07, 6.45) is 3.34. The zero-order chi connectivity index (χ0) is 19.6.